The molecule has 1 unspecified atom stereocenters. The summed E-state index contributed by atoms with van der Waals surface area (Å²) in [5.74, 6) is 1.40. The second-order valence-corrected chi connectivity index (χ2v) is 5.76. The van der Waals surface area contributed by atoms with Crippen LogP contribution in [0.25, 0.3) is 0 Å². The molecule has 0 spiro atoms. The van der Waals surface area contributed by atoms with Crippen molar-refractivity contribution in [2.45, 2.75) is 26.2 Å². The highest BCUT2D eigenvalue weighted by molar-refractivity contribution is 7.80. The quantitative estimate of drug-likeness (QED) is 0.806. The fourth-order valence-electron chi connectivity index (χ4n) is 2.51. The molecule has 4 nitrogen and oxygen atoms in total. The molecule has 0 aliphatic carbocycles. The SMILES string of the molecule is Cc1nn(C)c(NCCC(C)c2ccccc2)c1C(N)=S. The summed E-state index contributed by atoms with van der Waals surface area (Å²) in [5.41, 5.74) is 8.86. The van der Waals surface area contributed by atoms with Crippen LogP contribution >= 0.6 is 12.2 Å². The summed E-state index contributed by atoms with van der Waals surface area (Å²) in [6.45, 7) is 5.01. The maximum atomic E-state index is 5.79. The molecule has 0 radical (unpaired) electrons. The van der Waals surface area contributed by atoms with Crippen LogP contribution in [0.5, 0.6) is 0 Å². The van der Waals surface area contributed by atoms with Gasteiger partial charge in [0.25, 0.3) is 0 Å². The Balaban J connectivity index is 2.00. The van der Waals surface area contributed by atoms with Crippen LogP contribution in [0.4, 0.5) is 5.82 Å². The van der Waals surface area contributed by atoms with Gasteiger partial charge in [0.05, 0.1) is 11.3 Å². The van der Waals surface area contributed by atoms with Crippen molar-refractivity contribution >= 4 is 23.0 Å². The van der Waals surface area contributed by atoms with Crippen molar-refractivity contribution in [1.29, 1.82) is 0 Å². The number of thiocarbonyl (C=S) groups is 1. The molecule has 21 heavy (non-hydrogen) atoms. The van der Waals surface area contributed by atoms with E-state index in [1.807, 2.05) is 20.0 Å². The van der Waals surface area contributed by atoms with Gasteiger partial charge in [0.15, 0.2) is 0 Å². The summed E-state index contributed by atoms with van der Waals surface area (Å²) in [7, 11) is 1.90. The molecule has 0 amide bonds. The van der Waals surface area contributed by atoms with E-state index in [1.54, 1.807) is 4.68 Å². The van der Waals surface area contributed by atoms with E-state index in [-0.39, 0.29) is 0 Å². The molecule has 1 atom stereocenters. The Kier molecular flexibility index (Phi) is 4.96. The Bertz CT molecular complexity index is 619. The molecule has 3 N–H and O–H groups in total. The van der Waals surface area contributed by atoms with Gasteiger partial charge in [0, 0.05) is 13.6 Å². The number of aryl methyl sites for hydroxylation is 2. The smallest absolute Gasteiger partial charge is 0.134 e. The largest absolute Gasteiger partial charge is 0.389 e. The summed E-state index contributed by atoms with van der Waals surface area (Å²) in [5, 5.41) is 7.79. The Labute approximate surface area is 131 Å². The predicted octanol–water partition coefficient (Wildman–Crippen LogP) is 2.97. The maximum absolute atomic E-state index is 5.79. The maximum Gasteiger partial charge on any atom is 0.134 e. The third-order valence-corrected chi connectivity index (χ3v) is 3.91. The minimum atomic E-state index is 0.388. The number of aromatic nitrogens is 2. The fraction of sp³-hybridized carbons (Fsp3) is 0.375. The molecule has 1 heterocycles. The van der Waals surface area contributed by atoms with Crippen molar-refractivity contribution < 1.29 is 0 Å². The molecule has 1 aromatic heterocycles. The molecular weight excluding hydrogens is 280 g/mol. The van der Waals surface area contributed by atoms with Gasteiger partial charge in [0.2, 0.25) is 0 Å². The second kappa shape index (κ2) is 6.72. The third-order valence-electron chi connectivity index (χ3n) is 3.71. The van der Waals surface area contributed by atoms with Gasteiger partial charge in [-0.25, -0.2) is 0 Å². The summed E-state index contributed by atoms with van der Waals surface area (Å²) in [6, 6.07) is 10.5. The Morgan fingerprint density at radius 2 is 2.05 bits per heavy atom. The van der Waals surface area contributed by atoms with Crippen LogP contribution in [0.3, 0.4) is 0 Å². The monoisotopic (exact) mass is 302 g/mol. The predicted molar refractivity (Wildman–Crippen MR) is 91.8 cm³/mol. The van der Waals surface area contributed by atoms with Crippen molar-refractivity contribution in [2.75, 3.05) is 11.9 Å². The molecule has 2 rings (SSSR count). The zero-order chi connectivity index (χ0) is 15.4. The number of nitrogens with two attached hydrogens (primary N) is 1. The standard InChI is InChI=1S/C16H22N4S/c1-11(13-7-5-4-6-8-13)9-10-18-16-14(15(17)21)12(2)19-20(16)3/h4-8,11,18H,9-10H2,1-3H3,(H2,17,21). The average Bonchev–Trinajstić information content (AvgIpc) is 2.74. The number of anilines is 1. The van der Waals surface area contributed by atoms with E-state index in [9.17, 15) is 0 Å². The van der Waals surface area contributed by atoms with Gasteiger partial charge in [-0.2, -0.15) is 5.10 Å². The lowest BCUT2D eigenvalue weighted by atomic mass is 9.98. The molecule has 0 saturated carbocycles. The van der Waals surface area contributed by atoms with E-state index in [0.717, 1.165) is 30.0 Å². The van der Waals surface area contributed by atoms with Crippen LogP contribution in [0, 0.1) is 6.92 Å². The van der Waals surface area contributed by atoms with Crippen LogP contribution in [-0.2, 0) is 7.05 Å². The first kappa shape index (κ1) is 15.5. The highest BCUT2D eigenvalue weighted by atomic mass is 32.1. The third kappa shape index (κ3) is 3.61. The van der Waals surface area contributed by atoms with Crippen molar-refractivity contribution in [3.63, 3.8) is 0 Å². The highest BCUT2D eigenvalue weighted by Gasteiger charge is 2.15. The topological polar surface area (TPSA) is 55.9 Å². The molecule has 0 aliphatic rings. The van der Waals surface area contributed by atoms with Gasteiger partial charge in [-0.1, -0.05) is 49.5 Å². The van der Waals surface area contributed by atoms with Crippen LogP contribution in [0.1, 0.15) is 36.1 Å². The summed E-state index contributed by atoms with van der Waals surface area (Å²) in [4.78, 5) is 0.388. The first-order chi connectivity index (χ1) is 10.0. The number of rotatable bonds is 6. The van der Waals surface area contributed by atoms with Gasteiger partial charge in [0.1, 0.15) is 10.8 Å². The Morgan fingerprint density at radius 1 is 1.38 bits per heavy atom. The molecule has 0 fully saturated rings. The molecule has 0 bridgehead atoms. The highest BCUT2D eigenvalue weighted by Crippen LogP contribution is 2.21. The summed E-state index contributed by atoms with van der Waals surface area (Å²) >= 11 is 5.11. The Hall–Kier alpha value is -1.88. The fourth-order valence-corrected chi connectivity index (χ4v) is 2.76. The van der Waals surface area contributed by atoms with E-state index in [4.69, 9.17) is 18.0 Å². The number of nitrogens with one attached hydrogen (secondary N) is 1. The van der Waals surface area contributed by atoms with Gasteiger partial charge in [-0.3, -0.25) is 4.68 Å². The minimum absolute atomic E-state index is 0.388. The minimum Gasteiger partial charge on any atom is -0.389 e. The van der Waals surface area contributed by atoms with E-state index in [1.165, 1.54) is 5.56 Å². The molecule has 2 aromatic rings. The van der Waals surface area contributed by atoms with E-state index >= 15 is 0 Å². The second-order valence-electron chi connectivity index (χ2n) is 5.32. The molecule has 112 valence electrons. The zero-order valence-electron chi connectivity index (χ0n) is 12.8. The summed E-state index contributed by atoms with van der Waals surface area (Å²) in [6.07, 6.45) is 1.03. The summed E-state index contributed by atoms with van der Waals surface area (Å²) < 4.78 is 1.80. The molecule has 5 heteroatoms. The first-order valence-corrected chi connectivity index (χ1v) is 7.53. The van der Waals surface area contributed by atoms with Gasteiger partial charge in [-0.05, 0) is 24.8 Å². The number of hydrogen-bond donors (Lipinski definition) is 2. The van der Waals surface area contributed by atoms with Crippen molar-refractivity contribution in [1.82, 2.24) is 9.78 Å². The van der Waals surface area contributed by atoms with E-state index in [2.05, 4.69) is 41.6 Å². The van der Waals surface area contributed by atoms with E-state index in [0.29, 0.717) is 10.9 Å². The Morgan fingerprint density at radius 3 is 2.67 bits per heavy atom. The molecule has 0 aliphatic heterocycles. The van der Waals surface area contributed by atoms with Crippen LogP contribution in [-0.4, -0.2) is 21.3 Å². The van der Waals surface area contributed by atoms with Gasteiger partial charge in [-0.15, -0.1) is 0 Å². The lowest BCUT2D eigenvalue weighted by molar-refractivity contribution is 0.694. The number of hydrogen-bond acceptors (Lipinski definition) is 3. The van der Waals surface area contributed by atoms with Gasteiger partial charge >= 0.3 is 0 Å². The number of benzene rings is 1. The van der Waals surface area contributed by atoms with Crippen LogP contribution in [0.2, 0.25) is 0 Å². The van der Waals surface area contributed by atoms with Crippen molar-refractivity contribution in [3.05, 3.63) is 47.2 Å². The van der Waals surface area contributed by atoms with Gasteiger partial charge < -0.3 is 11.1 Å². The average molecular weight is 302 g/mol. The number of nitrogens with zero attached hydrogens (tertiary/aromatic N) is 2. The van der Waals surface area contributed by atoms with Crippen LogP contribution < -0.4 is 11.1 Å². The van der Waals surface area contributed by atoms with E-state index < -0.39 is 0 Å². The molecule has 0 saturated heterocycles. The molecule has 1 aromatic carbocycles. The lowest BCUT2D eigenvalue weighted by Crippen LogP contribution is -2.15. The van der Waals surface area contributed by atoms with Crippen molar-refractivity contribution in [2.24, 2.45) is 12.8 Å². The zero-order valence-corrected chi connectivity index (χ0v) is 13.6. The van der Waals surface area contributed by atoms with Crippen molar-refractivity contribution in [3.8, 4) is 0 Å². The first-order valence-electron chi connectivity index (χ1n) is 7.13. The van der Waals surface area contributed by atoms with Crippen LogP contribution in [0.15, 0.2) is 30.3 Å². The lowest BCUT2D eigenvalue weighted by Gasteiger charge is -2.14. The molecular formula is C16H22N4S. The normalized spacial score (nSPS) is 12.1.